The Bertz CT molecular complexity index is 621. The van der Waals surface area contributed by atoms with Gasteiger partial charge in [0.25, 0.3) is 0 Å². The molecule has 2 heterocycles. The first kappa shape index (κ1) is 18.0. The number of piperidine rings is 1. The first-order chi connectivity index (χ1) is 11.8. The van der Waals surface area contributed by atoms with Crippen molar-refractivity contribution in [1.29, 1.82) is 0 Å². The Labute approximate surface area is 151 Å². The van der Waals surface area contributed by atoms with Crippen LogP contribution in [0.3, 0.4) is 0 Å². The van der Waals surface area contributed by atoms with E-state index in [0.717, 1.165) is 38.2 Å². The quantitative estimate of drug-likeness (QED) is 0.822. The third kappa shape index (κ3) is 4.42. The van der Waals surface area contributed by atoms with Crippen molar-refractivity contribution in [3.63, 3.8) is 0 Å². The van der Waals surface area contributed by atoms with Crippen LogP contribution >= 0.6 is 0 Å². The standard InChI is InChI=1S/C21H30N2O2/c1-21(2,3)14-20(25)22-11-9-16-13-19(24)23(12-10-17(16)15-22)18-7-5-4-6-8-18/h4-8,16-17H,9-15H2,1-3H3/t16-,17-/m0/s1. The van der Waals surface area contributed by atoms with Gasteiger partial charge >= 0.3 is 0 Å². The molecule has 1 aromatic rings. The first-order valence-corrected chi connectivity index (χ1v) is 9.47. The minimum absolute atomic E-state index is 0.0253. The van der Waals surface area contributed by atoms with Crippen molar-refractivity contribution in [3.8, 4) is 0 Å². The number of amides is 2. The van der Waals surface area contributed by atoms with Crippen molar-refractivity contribution in [2.24, 2.45) is 17.3 Å². The van der Waals surface area contributed by atoms with Crippen molar-refractivity contribution < 1.29 is 9.59 Å². The molecule has 3 rings (SSSR count). The summed E-state index contributed by atoms with van der Waals surface area (Å²) in [5.74, 6) is 1.35. The molecule has 2 atom stereocenters. The van der Waals surface area contributed by atoms with E-state index in [1.165, 1.54) is 0 Å². The number of nitrogens with zero attached hydrogens (tertiary/aromatic N) is 2. The second kappa shape index (κ2) is 7.19. The summed E-state index contributed by atoms with van der Waals surface area (Å²) in [5.41, 5.74) is 1.02. The van der Waals surface area contributed by atoms with Gasteiger partial charge in [-0.2, -0.15) is 0 Å². The Hall–Kier alpha value is -1.84. The molecule has 0 saturated carbocycles. The molecule has 136 valence electrons. The predicted molar refractivity (Wildman–Crippen MR) is 100 cm³/mol. The molecule has 2 saturated heterocycles. The largest absolute Gasteiger partial charge is 0.342 e. The number of carbonyl (C=O) groups excluding carboxylic acids is 2. The van der Waals surface area contributed by atoms with Crippen LogP contribution in [0.25, 0.3) is 0 Å². The number of benzene rings is 1. The fourth-order valence-electron chi connectivity index (χ4n) is 4.10. The number of rotatable bonds is 2. The molecule has 2 fully saturated rings. The maximum absolute atomic E-state index is 12.7. The summed E-state index contributed by atoms with van der Waals surface area (Å²) in [6, 6.07) is 9.95. The fourth-order valence-corrected chi connectivity index (χ4v) is 4.10. The summed E-state index contributed by atoms with van der Waals surface area (Å²) in [4.78, 5) is 29.3. The van der Waals surface area contributed by atoms with Gasteiger partial charge in [0.05, 0.1) is 0 Å². The number of likely N-dealkylation sites (tertiary alicyclic amines) is 1. The van der Waals surface area contributed by atoms with E-state index in [-0.39, 0.29) is 17.2 Å². The molecule has 0 radical (unpaired) electrons. The van der Waals surface area contributed by atoms with E-state index < -0.39 is 0 Å². The second-order valence-electron chi connectivity index (χ2n) is 8.76. The van der Waals surface area contributed by atoms with E-state index in [2.05, 4.69) is 20.8 Å². The lowest BCUT2D eigenvalue weighted by molar-refractivity contribution is -0.135. The summed E-state index contributed by atoms with van der Waals surface area (Å²) in [7, 11) is 0. The van der Waals surface area contributed by atoms with Gasteiger partial charge < -0.3 is 9.80 Å². The highest BCUT2D eigenvalue weighted by atomic mass is 16.2. The maximum atomic E-state index is 12.7. The monoisotopic (exact) mass is 342 g/mol. The lowest BCUT2D eigenvalue weighted by atomic mass is 9.81. The lowest BCUT2D eigenvalue weighted by Crippen LogP contribution is -2.44. The van der Waals surface area contributed by atoms with E-state index >= 15 is 0 Å². The molecule has 2 amide bonds. The van der Waals surface area contributed by atoms with Crippen LogP contribution in [-0.2, 0) is 9.59 Å². The van der Waals surface area contributed by atoms with Gasteiger partial charge in [0.2, 0.25) is 11.8 Å². The van der Waals surface area contributed by atoms with Crippen molar-refractivity contribution in [1.82, 2.24) is 4.90 Å². The van der Waals surface area contributed by atoms with E-state index in [1.807, 2.05) is 40.1 Å². The summed E-state index contributed by atoms with van der Waals surface area (Å²) >= 11 is 0. The minimum Gasteiger partial charge on any atom is -0.342 e. The predicted octanol–water partition coefficient (Wildman–Crippen LogP) is 3.71. The van der Waals surface area contributed by atoms with Crippen molar-refractivity contribution in [2.75, 3.05) is 24.5 Å². The van der Waals surface area contributed by atoms with Crippen LogP contribution in [0, 0.1) is 17.3 Å². The van der Waals surface area contributed by atoms with E-state index in [1.54, 1.807) is 0 Å². The number of hydrogen-bond donors (Lipinski definition) is 0. The molecule has 1 aromatic carbocycles. The maximum Gasteiger partial charge on any atom is 0.227 e. The average Bonchev–Trinajstić information content (AvgIpc) is 2.71. The minimum atomic E-state index is 0.0253. The van der Waals surface area contributed by atoms with Crippen molar-refractivity contribution >= 4 is 17.5 Å². The van der Waals surface area contributed by atoms with Crippen LogP contribution < -0.4 is 4.90 Å². The van der Waals surface area contributed by atoms with Crippen LogP contribution in [0.15, 0.2) is 30.3 Å². The Kier molecular flexibility index (Phi) is 5.16. The van der Waals surface area contributed by atoms with E-state index in [4.69, 9.17) is 0 Å². The first-order valence-electron chi connectivity index (χ1n) is 9.47. The molecule has 0 aliphatic carbocycles. The van der Waals surface area contributed by atoms with Gasteiger partial charge in [-0.3, -0.25) is 9.59 Å². The van der Waals surface area contributed by atoms with Gasteiger partial charge in [-0.1, -0.05) is 39.0 Å². The van der Waals surface area contributed by atoms with Crippen LogP contribution in [0.4, 0.5) is 5.69 Å². The lowest BCUT2D eigenvalue weighted by Gasteiger charge is -2.38. The number of hydrogen-bond acceptors (Lipinski definition) is 2. The SMILES string of the molecule is CC(C)(C)CC(=O)N1CC[C@H]2CC(=O)N(c3ccccc3)CC[C@H]2C1. The molecule has 0 spiro atoms. The molecular formula is C21H30N2O2. The smallest absolute Gasteiger partial charge is 0.227 e. The van der Waals surface area contributed by atoms with Crippen LogP contribution in [0.5, 0.6) is 0 Å². The Balaban J connectivity index is 1.66. The molecule has 25 heavy (non-hydrogen) atoms. The number of fused-ring (bicyclic) bond motifs is 1. The summed E-state index contributed by atoms with van der Waals surface area (Å²) in [5, 5.41) is 0. The fraction of sp³-hybridized carbons (Fsp3) is 0.619. The second-order valence-corrected chi connectivity index (χ2v) is 8.76. The highest BCUT2D eigenvalue weighted by Gasteiger charge is 2.37. The van der Waals surface area contributed by atoms with Gasteiger partial charge in [0, 0.05) is 38.2 Å². The summed E-state index contributed by atoms with van der Waals surface area (Å²) < 4.78 is 0. The molecular weight excluding hydrogens is 312 g/mol. The Morgan fingerprint density at radius 2 is 1.76 bits per heavy atom. The van der Waals surface area contributed by atoms with Gasteiger partial charge in [-0.15, -0.1) is 0 Å². The third-order valence-corrected chi connectivity index (χ3v) is 5.45. The molecule has 2 aliphatic heterocycles. The molecule has 0 N–H and O–H groups in total. The number of carbonyl (C=O) groups is 2. The van der Waals surface area contributed by atoms with Crippen molar-refractivity contribution in [3.05, 3.63) is 30.3 Å². The average molecular weight is 342 g/mol. The highest BCUT2D eigenvalue weighted by molar-refractivity contribution is 5.93. The highest BCUT2D eigenvalue weighted by Crippen LogP contribution is 2.34. The summed E-state index contributed by atoms with van der Waals surface area (Å²) in [6.45, 7) is 8.70. The van der Waals surface area contributed by atoms with Crippen LogP contribution in [0.2, 0.25) is 0 Å². The van der Waals surface area contributed by atoms with Gasteiger partial charge in [-0.25, -0.2) is 0 Å². The van der Waals surface area contributed by atoms with Crippen LogP contribution in [-0.4, -0.2) is 36.3 Å². The molecule has 0 bridgehead atoms. The van der Waals surface area contributed by atoms with Gasteiger partial charge in [-0.05, 0) is 42.2 Å². The molecule has 4 heteroatoms. The van der Waals surface area contributed by atoms with Gasteiger partial charge in [0.15, 0.2) is 0 Å². The zero-order valence-corrected chi connectivity index (χ0v) is 15.7. The Morgan fingerprint density at radius 3 is 2.44 bits per heavy atom. The van der Waals surface area contributed by atoms with E-state index in [0.29, 0.717) is 24.7 Å². The van der Waals surface area contributed by atoms with Crippen molar-refractivity contribution in [2.45, 2.75) is 46.5 Å². The molecule has 2 aliphatic rings. The van der Waals surface area contributed by atoms with Gasteiger partial charge in [0.1, 0.15) is 0 Å². The zero-order valence-electron chi connectivity index (χ0n) is 15.7. The number of anilines is 1. The third-order valence-electron chi connectivity index (χ3n) is 5.45. The topological polar surface area (TPSA) is 40.6 Å². The molecule has 0 aromatic heterocycles. The normalized spacial score (nSPS) is 24.7. The number of para-hydroxylation sites is 1. The zero-order chi connectivity index (χ0) is 18.0. The molecule has 0 unspecified atom stereocenters. The summed E-state index contributed by atoms with van der Waals surface area (Å²) in [6.07, 6.45) is 3.14. The van der Waals surface area contributed by atoms with E-state index in [9.17, 15) is 9.59 Å². The Morgan fingerprint density at radius 1 is 1.08 bits per heavy atom. The van der Waals surface area contributed by atoms with Crippen LogP contribution in [0.1, 0.15) is 46.5 Å². The molecule has 4 nitrogen and oxygen atoms in total.